The number of aliphatic hydroxyl groups excluding tert-OH is 1. The van der Waals surface area contributed by atoms with Crippen molar-refractivity contribution in [3.05, 3.63) is 17.5 Å². The van der Waals surface area contributed by atoms with Crippen molar-refractivity contribution in [2.75, 3.05) is 0 Å². The smallest absolute Gasteiger partial charge is 0.382 e. The highest BCUT2D eigenvalue weighted by molar-refractivity contribution is 5.94. The Morgan fingerprint density at radius 2 is 2.00 bits per heavy atom. The van der Waals surface area contributed by atoms with Gasteiger partial charge in [0.2, 0.25) is 0 Å². The van der Waals surface area contributed by atoms with E-state index in [1.807, 2.05) is 0 Å². The maximum Gasteiger partial charge on any atom is 0.416 e. The van der Waals surface area contributed by atoms with Crippen LogP contribution in [0.1, 0.15) is 29.9 Å². The van der Waals surface area contributed by atoms with Crippen LogP contribution in [0, 0.1) is 6.92 Å². The number of aliphatic hydroxyl groups is 1. The Morgan fingerprint density at radius 3 is 2.37 bits per heavy atom. The zero-order valence-corrected chi connectivity index (χ0v) is 11.0. The number of aromatic nitrogens is 2. The van der Waals surface area contributed by atoms with E-state index in [1.54, 1.807) is 6.92 Å². The molecular formula is C11H16F3N3O2. The van der Waals surface area contributed by atoms with E-state index in [0.717, 1.165) is 13.8 Å². The lowest BCUT2D eigenvalue weighted by Crippen LogP contribution is -2.57. The summed E-state index contributed by atoms with van der Waals surface area (Å²) in [6, 6.07) is 0. The second kappa shape index (κ2) is 4.84. The molecule has 1 heterocycles. The van der Waals surface area contributed by atoms with Crippen LogP contribution in [0.2, 0.25) is 0 Å². The summed E-state index contributed by atoms with van der Waals surface area (Å²) in [4.78, 5) is 11.9. The predicted octanol–water partition coefficient (Wildman–Crippen LogP) is 1.16. The van der Waals surface area contributed by atoms with Crippen molar-refractivity contribution >= 4 is 5.91 Å². The first-order chi connectivity index (χ1) is 8.47. The Labute approximate surface area is 108 Å². The lowest BCUT2D eigenvalue weighted by Gasteiger charge is -2.32. The molecule has 1 rings (SSSR count). The van der Waals surface area contributed by atoms with Crippen molar-refractivity contribution in [1.82, 2.24) is 15.1 Å². The van der Waals surface area contributed by atoms with E-state index in [0.29, 0.717) is 5.56 Å². The molecule has 5 nitrogen and oxygen atoms in total. The molecule has 1 atom stereocenters. The number of alkyl halides is 3. The van der Waals surface area contributed by atoms with Gasteiger partial charge in [-0.3, -0.25) is 9.48 Å². The molecule has 0 aliphatic rings. The summed E-state index contributed by atoms with van der Waals surface area (Å²) in [7, 11) is 1.51. The summed E-state index contributed by atoms with van der Waals surface area (Å²) < 4.78 is 38.7. The molecule has 1 aromatic heterocycles. The van der Waals surface area contributed by atoms with Crippen molar-refractivity contribution in [2.45, 2.75) is 38.6 Å². The molecule has 0 aromatic carbocycles. The van der Waals surface area contributed by atoms with Gasteiger partial charge in [-0.25, -0.2) is 0 Å². The second-order valence-electron chi connectivity index (χ2n) is 4.92. The molecule has 19 heavy (non-hydrogen) atoms. The van der Waals surface area contributed by atoms with Crippen LogP contribution in [0.25, 0.3) is 0 Å². The minimum Gasteiger partial charge on any atom is -0.382 e. The Balaban J connectivity index is 2.93. The Bertz CT molecular complexity index is 461. The van der Waals surface area contributed by atoms with E-state index in [4.69, 9.17) is 0 Å². The number of halogens is 3. The molecule has 0 spiro atoms. The SMILES string of the molecule is Cc1cnn(C)c1C(=O)NC(C)(C)C(O)C(F)(F)F. The first kappa shape index (κ1) is 15.5. The topological polar surface area (TPSA) is 67.2 Å². The number of carbonyl (C=O) groups excluding carboxylic acids is 1. The largest absolute Gasteiger partial charge is 0.416 e. The van der Waals surface area contributed by atoms with E-state index < -0.39 is 23.7 Å². The van der Waals surface area contributed by atoms with Crippen LogP contribution in [0.4, 0.5) is 13.2 Å². The minimum atomic E-state index is -4.81. The normalized spacial score (nSPS) is 14.3. The summed E-state index contributed by atoms with van der Waals surface area (Å²) in [6.45, 7) is 3.83. The van der Waals surface area contributed by atoms with E-state index in [-0.39, 0.29) is 5.69 Å². The van der Waals surface area contributed by atoms with E-state index >= 15 is 0 Å². The van der Waals surface area contributed by atoms with Crippen LogP contribution in [0.5, 0.6) is 0 Å². The fourth-order valence-electron chi connectivity index (χ4n) is 1.70. The Hall–Kier alpha value is -1.57. The molecule has 0 saturated carbocycles. The molecule has 1 aromatic rings. The quantitative estimate of drug-likeness (QED) is 0.872. The lowest BCUT2D eigenvalue weighted by molar-refractivity contribution is -0.222. The molecule has 0 radical (unpaired) electrons. The van der Waals surface area contributed by atoms with Gasteiger partial charge in [-0.2, -0.15) is 18.3 Å². The van der Waals surface area contributed by atoms with E-state index in [9.17, 15) is 23.1 Å². The molecule has 0 bridgehead atoms. The van der Waals surface area contributed by atoms with Gasteiger partial charge in [-0.15, -0.1) is 0 Å². The number of rotatable bonds is 3. The monoisotopic (exact) mass is 279 g/mol. The maximum absolute atomic E-state index is 12.5. The first-order valence-electron chi connectivity index (χ1n) is 5.52. The van der Waals surface area contributed by atoms with Gasteiger partial charge in [0.05, 0.1) is 11.7 Å². The maximum atomic E-state index is 12.5. The molecule has 8 heteroatoms. The summed E-state index contributed by atoms with van der Waals surface area (Å²) in [5.74, 6) is -0.717. The van der Waals surface area contributed by atoms with Crippen LogP contribution in [0.15, 0.2) is 6.20 Å². The number of amides is 1. The fourth-order valence-corrected chi connectivity index (χ4v) is 1.70. The van der Waals surface area contributed by atoms with Gasteiger partial charge >= 0.3 is 6.18 Å². The average Bonchev–Trinajstić information content (AvgIpc) is 2.55. The predicted molar refractivity (Wildman–Crippen MR) is 61.6 cm³/mol. The van der Waals surface area contributed by atoms with Gasteiger partial charge in [0.1, 0.15) is 5.69 Å². The summed E-state index contributed by atoms with van der Waals surface area (Å²) in [5, 5.41) is 15.2. The zero-order valence-electron chi connectivity index (χ0n) is 11.0. The number of hydrogen-bond donors (Lipinski definition) is 2. The number of aryl methyl sites for hydroxylation is 2. The Kier molecular flexibility index (Phi) is 3.94. The van der Waals surface area contributed by atoms with Crippen LogP contribution in [-0.4, -0.2) is 38.6 Å². The van der Waals surface area contributed by atoms with Gasteiger partial charge in [-0.05, 0) is 26.3 Å². The standard InChI is InChI=1S/C11H16F3N3O2/c1-6-5-15-17(4)7(6)8(18)16-10(2,3)9(19)11(12,13)14/h5,9,19H,1-4H3,(H,16,18). The lowest BCUT2D eigenvalue weighted by atomic mass is 9.96. The van der Waals surface area contributed by atoms with Gasteiger partial charge in [0.25, 0.3) is 5.91 Å². The molecular weight excluding hydrogens is 263 g/mol. The number of nitrogens with zero attached hydrogens (tertiary/aromatic N) is 2. The third-order valence-corrected chi connectivity index (χ3v) is 2.77. The summed E-state index contributed by atoms with van der Waals surface area (Å²) >= 11 is 0. The minimum absolute atomic E-state index is 0.155. The Morgan fingerprint density at radius 1 is 1.47 bits per heavy atom. The van der Waals surface area contributed by atoms with Crippen molar-refractivity contribution in [3.8, 4) is 0 Å². The second-order valence-corrected chi connectivity index (χ2v) is 4.92. The summed E-state index contributed by atoms with van der Waals surface area (Å²) in [5.41, 5.74) is -1.15. The van der Waals surface area contributed by atoms with Crippen LogP contribution >= 0.6 is 0 Å². The fraction of sp³-hybridized carbons (Fsp3) is 0.636. The molecule has 1 unspecified atom stereocenters. The number of carbonyl (C=O) groups is 1. The molecule has 0 saturated heterocycles. The van der Waals surface area contributed by atoms with Gasteiger partial charge in [0.15, 0.2) is 6.10 Å². The average molecular weight is 279 g/mol. The highest BCUT2D eigenvalue weighted by Crippen LogP contribution is 2.28. The van der Waals surface area contributed by atoms with Crippen molar-refractivity contribution in [1.29, 1.82) is 0 Å². The van der Waals surface area contributed by atoms with Crippen LogP contribution in [0.3, 0.4) is 0 Å². The van der Waals surface area contributed by atoms with Gasteiger partial charge < -0.3 is 10.4 Å². The highest BCUT2D eigenvalue weighted by atomic mass is 19.4. The molecule has 0 fully saturated rings. The van der Waals surface area contributed by atoms with Crippen molar-refractivity contribution in [2.24, 2.45) is 7.05 Å². The van der Waals surface area contributed by atoms with E-state index in [1.165, 1.54) is 17.9 Å². The molecule has 1 amide bonds. The van der Waals surface area contributed by atoms with Gasteiger partial charge in [0, 0.05) is 7.05 Å². The zero-order chi connectivity index (χ0) is 15.0. The number of hydrogen-bond acceptors (Lipinski definition) is 3. The molecule has 2 N–H and O–H groups in total. The highest BCUT2D eigenvalue weighted by Gasteiger charge is 2.48. The first-order valence-corrected chi connectivity index (χ1v) is 5.52. The van der Waals surface area contributed by atoms with Crippen LogP contribution < -0.4 is 5.32 Å². The molecule has 108 valence electrons. The van der Waals surface area contributed by atoms with Gasteiger partial charge in [-0.1, -0.05) is 0 Å². The van der Waals surface area contributed by atoms with Crippen molar-refractivity contribution in [3.63, 3.8) is 0 Å². The van der Waals surface area contributed by atoms with E-state index in [2.05, 4.69) is 10.4 Å². The third-order valence-electron chi connectivity index (χ3n) is 2.77. The summed E-state index contributed by atoms with van der Waals surface area (Å²) in [6.07, 6.45) is -6.03. The third kappa shape index (κ3) is 3.25. The number of nitrogens with one attached hydrogen (secondary N) is 1. The molecule has 0 aliphatic carbocycles. The molecule has 0 aliphatic heterocycles. The van der Waals surface area contributed by atoms with Crippen molar-refractivity contribution < 1.29 is 23.1 Å². The van der Waals surface area contributed by atoms with Crippen LogP contribution in [-0.2, 0) is 7.05 Å².